The number of methoxy groups -OCH3 is 1. The lowest BCUT2D eigenvalue weighted by Gasteiger charge is -2.17. The summed E-state index contributed by atoms with van der Waals surface area (Å²) in [5.41, 5.74) is 2.07. The smallest absolute Gasteiger partial charge is 0.163 e. The van der Waals surface area contributed by atoms with Crippen LogP contribution in [0, 0.1) is 0 Å². The molecule has 0 spiro atoms. The van der Waals surface area contributed by atoms with Crippen molar-refractivity contribution in [2.75, 3.05) is 13.7 Å². The molecule has 1 N–H and O–H groups in total. The monoisotopic (exact) mass is 363 g/mol. The summed E-state index contributed by atoms with van der Waals surface area (Å²) in [6.45, 7) is 7.80. The largest absolute Gasteiger partial charge is 0.496 e. The van der Waals surface area contributed by atoms with Crippen molar-refractivity contribution in [1.29, 1.82) is 0 Å². The van der Waals surface area contributed by atoms with Crippen molar-refractivity contribution in [3.63, 3.8) is 0 Å². The predicted molar refractivity (Wildman–Crippen MR) is 102 cm³/mol. The second-order valence-electron chi connectivity index (χ2n) is 5.91. The number of rotatable bonds is 9. The minimum atomic E-state index is 0.0600. The number of ether oxygens (including phenoxy) is 3. The van der Waals surface area contributed by atoms with E-state index >= 15 is 0 Å². The van der Waals surface area contributed by atoms with E-state index in [0.717, 1.165) is 22.6 Å². The molecule has 0 bridgehead atoms. The Hall–Kier alpha value is -1.91. The van der Waals surface area contributed by atoms with Gasteiger partial charge < -0.3 is 19.5 Å². The lowest BCUT2D eigenvalue weighted by Crippen LogP contribution is -2.14. The van der Waals surface area contributed by atoms with Crippen LogP contribution < -0.4 is 19.5 Å². The van der Waals surface area contributed by atoms with Crippen LogP contribution >= 0.6 is 11.6 Å². The summed E-state index contributed by atoms with van der Waals surface area (Å²) in [4.78, 5) is 0. The van der Waals surface area contributed by atoms with Gasteiger partial charge in [0, 0.05) is 29.7 Å². The number of para-hydroxylation sites is 1. The molecule has 5 heteroatoms. The van der Waals surface area contributed by atoms with Crippen molar-refractivity contribution < 1.29 is 14.2 Å². The summed E-state index contributed by atoms with van der Waals surface area (Å²) in [6, 6.07) is 11.7. The second-order valence-corrected chi connectivity index (χ2v) is 6.31. The minimum absolute atomic E-state index is 0.0600. The molecular formula is C20H26ClNO3. The van der Waals surface area contributed by atoms with Crippen LogP contribution in [-0.2, 0) is 13.1 Å². The van der Waals surface area contributed by atoms with E-state index < -0.39 is 0 Å². The van der Waals surface area contributed by atoms with Gasteiger partial charge in [0.15, 0.2) is 11.5 Å². The van der Waals surface area contributed by atoms with Gasteiger partial charge in [-0.15, -0.1) is 0 Å². The lowest BCUT2D eigenvalue weighted by atomic mass is 10.1. The molecule has 136 valence electrons. The van der Waals surface area contributed by atoms with Gasteiger partial charge in [-0.25, -0.2) is 0 Å². The number of nitrogens with one attached hydrogen (secondary N) is 1. The first-order valence-electron chi connectivity index (χ1n) is 8.49. The van der Waals surface area contributed by atoms with E-state index in [-0.39, 0.29) is 6.10 Å². The Morgan fingerprint density at radius 1 is 1.00 bits per heavy atom. The first-order valence-corrected chi connectivity index (χ1v) is 8.87. The van der Waals surface area contributed by atoms with Crippen LogP contribution in [-0.4, -0.2) is 19.8 Å². The minimum Gasteiger partial charge on any atom is -0.496 e. The molecule has 4 nitrogen and oxygen atoms in total. The van der Waals surface area contributed by atoms with Crippen LogP contribution in [0.1, 0.15) is 31.9 Å². The third-order valence-electron chi connectivity index (χ3n) is 3.60. The molecule has 25 heavy (non-hydrogen) atoms. The lowest BCUT2D eigenvalue weighted by molar-refractivity contribution is 0.223. The zero-order valence-corrected chi connectivity index (χ0v) is 16.0. The highest BCUT2D eigenvalue weighted by Gasteiger charge is 2.12. The van der Waals surface area contributed by atoms with Gasteiger partial charge in [0.25, 0.3) is 0 Å². The maximum atomic E-state index is 6.43. The Morgan fingerprint density at radius 2 is 1.72 bits per heavy atom. The zero-order chi connectivity index (χ0) is 18.2. The maximum absolute atomic E-state index is 6.43. The Bertz CT molecular complexity index is 689. The van der Waals surface area contributed by atoms with E-state index in [1.165, 1.54) is 0 Å². The molecule has 0 saturated heterocycles. The molecule has 0 amide bonds. The van der Waals surface area contributed by atoms with Gasteiger partial charge in [0.1, 0.15) is 5.75 Å². The SMILES string of the molecule is CCOc1cc(CNCc2ccccc2OC)c(Cl)cc1OC(C)C. The fourth-order valence-electron chi connectivity index (χ4n) is 2.51. The van der Waals surface area contributed by atoms with E-state index in [4.69, 9.17) is 25.8 Å². The fourth-order valence-corrected chi connectivity index (χ4v) is 2.73. The van der Waals surface area contributed by atoms with Gasteiger partial charge in [-0.1, -0.05) is 29.8 Å². The summed E-state index contributed by atoms with van der Waals surface area (Å²) < 4.78 is 16.9. The third-order valence-corrected chi connectivity index (χ3v) is 3.95. The Balaban J connectivity index is 2.09. The molecule has 0 aliphatic carbocycles. The molecule has 0 aliphatic heterocycles. The molecule has 2 rings (SSSR count). The standard InChI is InChI=1S/C20H26ClNO3/c1-5-24-19-10-16(17(21)11-20(19)25-14(2)3)13-22-12-15-8-6-7-9-18(15)23-4/h6-11,14,22H,5,12-13H2,1-4H3. The fraction of sp³-hybridized carbons (Fsp3) is 0.400. The maximum Gasteiger partial charge on any atom is 0.163 e. The molecule has 2 aromatic rings. The number of benzene rings is 2. The van der Waals surface area contributed by atoms with Crippen molar-refractivity contribution in [1.82, 2.24) is 5.32 Å². The van der Waals surface area contributed by atoms with Gasteiger partial charge in [-0.05, 0) is 38.5 Å². The molecule has 0 saturated carbocycles. The number of hydrogen-bond acceptors (Lipinski definition) is 4. The third kappa shape index (κ3) is 5.55. The Labute approximate surface area is 155 Å². The Kier molecular flexibility index (Phi) is 7.41. The van der Waals surface area contributed by atoms with Crippen LogP contribution in [0.5, 0.6) is 17.2 Å². The summed E-state index contributed by atoms with van der Waals surface area (Å²) in [6.07, 6.45) is 0.0600. The Morgan fingerprint density at radius 3 is 2.40 bits per heavy atom. The van der Waals surface area contributed by atoms with Gasteiger partial charge >= 0.3 is 0 Å². The van der Waals surface area contributed by atoms with Crippen LogP contribution in [0.25, 0.3) is 0 Å². The molecule has 0 atom stereocenters. The summed E-state index contributed by atoms with van der Waals surface area (Å²) in [7, 11) is 1.68. The van der Waals surface area contributed by atoms with Crippen molar-refractivity contribution in [2.45, 2.75) is 40.0 Å². The average molecular weight is 364 g/mol. The molecule has 2 aromatic carbocycles. The highest BCUT2D eigenvalue weighted by Crippen LogP contribution is 2.34. The van der Waals surface area contributed by atoms with Crippen molar-refractivity contribution >= 4 is 11.6 Å². The van der Waals surface area contributed by atoms with E-state index in [1.54, 1.807) is 7.11 Å². The number of hydrogen-bond donors (Lipinski definition) is 1. The van der Waals surface area contributed by atoms with E-state index in [2.05, 4.69) is 5.32 Å². The van der Waals surface area contributed by atoms with E-state index in [1.807, 2.05) is 57.2 Å². The predicted octanol–water partition coefficient (Wildman–Crippen LogP) is 4.82. The molecule has 0 heterocycles. The van der Waals surface area contributed by atoms with Gasteiger partial charge in [-0.3, -0.25) is 0 Å². The normalized spacial score (nSPS) is 10.8. The molecule has 0 aromatic heterocycles. The quantitative estimate of drug-likeness (QED) is 0.693. The second kappa shape index (κ2) is 9.54. The van der Waals surface area contributed by atoms with Crippen molar-refractivity contribution in [3.8, 4) is 17.2 Å². The summed E-state index contributed by atoms with van der Waals surface area (Å²) >= 11 is 6.43. The van der Waals surface area contributed by atoms with Crippen molar-refractivity contribution in [3.05, 3.63) is 52.5 Å². The highest BCUT2D eigenvalue weighted by atomic mass is 35.5. The molecule has 0 unspecified atom stereocenters. The molecular weight excluding hydrogens is 338 g/mol. The van der Waals surface area contributed by atoms with E-state index in [9.17, 15) is 0 Å². The summed E-state index contributed by atoms with van der Waals surface area (Å²) in [5, 5.41) is 4.06. The topological polar surface area (TPSA) is 39.7 Å². The van der Waals surface area contributed by atoms with Crippen LogP contribution in [0.15, 0.2) is 36.4 Å². The van der Waals surface area contributed by atoms with Crippen LogP contribution in [0.4, 0.5) is 0 Å². The first-order chi connectivity index (χ1) is 12.0. The summed E-state index contributed by atoms with van der Waals surface area (Å²) in [5.74, 6) is 2.27. The van der Waals surface area contributed by atoms with Gasteiger partial charge in [0.2, 0.25) is 0 Å². The number of halogens is 1. The average Bonchev–Trinajstić information content (AvgIpc) is 2.58. The first kappa shape index (κ1) is 19.4. The highest BCUT2D eigenvalue weighted by molar-refractivity contribution is 6.31. The van der Waals surface area contributed by atoms with Crippen LogP contribution in [0.3, 0.4) is 0 Å². The van der Waals surface area contributed by atoms with Gasteiger partial charge in [0.05, 0.1) is 19.8 Å². The zero-order valence-electron chi connectivity index (χ0n) is 15.3. The van der Waals surface area contributed by atoms with Crippen LogP contribution in [0.2, 0.25) is 5.02 Å². The van der Waals surface area contributed by atoms with Gasteiger partial charge in [-0.2, -0.15) is 0 Å². The molecule has 0 aliphatic rings. The molecule has 0 fully saturated rings. The van der Waals surface area contributed by atoms with Crippen molar-refractivity contribution in [2.24, 2.45) is 0 Å². The molecule has 0 radical (unpaired) electrons. The van der Waals surface area contributed by atoms with E-state index in [0.29, 0.717) is 30.5 Å².